The first-order valence-corrected chi connectivity index (χ1v) is 7.29. The molecular weight excluding hydrogens is 280 g/mol. The van der Waals surface area contributed by atoms with E-state index in [4.69, 9.17) is 0 Å². The van der Waals surface area contributed by atoms with Gasteiger partial charge in [0.25, 0.3) is 0 Å². The van der Waals surface area contributed by atoms with E-state index in [0.29, 0.717) is 0 Å². The van der Waals surface area contributed by atoms with Crippen LogP contribution in [0.15, 0.2) is 60.7 Å². The fourth-order valence-electron chi connectivity index (χ4n) is 2.66. The Bertz CT molecular complexity index is 504. The van der Waals surface area contributed by atoms with Crippen molar-refractivity contribution >= 4 is 0 Å². The number of hydrogen-bond acceptors (Lipinski definition) is 4. The van der Waals surface area contributed by atoms with Gasteiger partial charge in [-0.1, -0.05) is 60.7 Å². The van der Waals surface area contributed by atoms with E-state index in [0.717, 1.165) is 11.1 Å². The molecule has 4 heteroatoms. The Labute approximate surface area is 130 Å². The Morgan fingerprint density at radius 3 is 1.36 bits per heavy atom. The van der Waals surface area contributed by atoms with Crippen molar-refractivity contribution in [1.82, 2.24) is 0 Å². The number of rotatable bonds is 7. The van der Waals surface area contributed by atoms with Crippen molar-refractivity contribution in [1.29, 1.82) is 0 Å². The normalized spacial score (nSPS) is 13.3. The average molecular weight is 302 g/mol. The second-order valence-electron chi connectivity index (χ2n) is 5.58. The second kappa shape index (κ2) is 7.51. The zero-order valence-electron chi connectivity index (χ0n) is 12.3. The highest BCUT2D eigenvalue weighted by atomic mass is 16.3. The minimum Gasteiger partial charge on any atom is -0.396 e. The molecule has 4 nitrogen and oxygen atoms in total. The first kappa shape index (κ1) is 16.6. The van der Waals surface area contributed by atoms with Gasteiger partial charge in [-0.3, -0.25) is 0 Å². The average Bonchev–Trinajstić information content (AvgIpc) is 2.59. The van der Waals surface area contributed by atoms with Gasteiger partial charge in [0.05, 0.1) is 31.3 Å². The van der Waals surface area contributed by atoms with Gasteiger partial charge in [-0.15, -0.1) is 0 Å². The highest BCUT2D eigenvalue weighted by molar-refractivity contribution is 5.34. The van der Waals surface area contributed by atoms with Crippen molar-refractivity contribution < 1.29 is 20.4 Å². The van der Waals surface area contributed by atoms with Crippen molar-refractivity contribution in [2.75, 3.05) is 19.8 Å². The predicted octanol–water partition coefficient (Wildman–Crippen LogP) is 1.14. The summed E-state index contributed by atoms with van der Waals surface area (Å²) >= 11 is 0. The van der Waals surface area contributed by atoms with Crippen molar-refractivity contribution in [2.45, 2.75) is 12.0 Å². The second-order valence-corrected chi connectivity index (χ2v) is 5.58. The van der Waals surface area contributed by atoms with E-state index in [1.165, 1.54) is 0 Å². The quantitative estimate of drug-likeness (QED) is 0.618. The lowest BCUT2D eigenvalue weighted by Crippen LogP contribution is -2.48. The molecule has 4 N–H and O–H groups in total. The molecule has 0 aliphatic heterocycles. The standard InChI is InChI=1S/C18H22O4/c19-11-18(12-20,13-21)17(22)16(14-7-3-1-4-8-14)15-9-5-2-6-10-15/h1-10,16-17,19-22H,11-13H2. The van der Waals surface area contributed by atoms with Gasteiger partial charge in [0.1, 0.15) is 0 Å². The van der Waals surface area contributed by atoms with Crippen molar-refractivity contribution in [3.05, 3.63) is 71.8 Å². The van der Waals surface area contributed by atoms with Crippen LogP contribution in [0.5, 0.6) is 0 Å². The molecule has 118 valence electrons. The third-order valence-corrected chi connectivity index (χ3v) is 4.21. The molecule has 0 aliphatic carbocycles. The zero-order valence-corrected chi connectivity index (χ0v) is 12.3. The molecule has 2 aromatic carbocycles. The highest BCUT2D eigenvalue weighted by Gasteiger charge is 2.42. The van der Waals surface area contributed by atoms with Crippen LogP contribution >= 0.6 is 0 Å². The molecule has 2 aromatic rings. The SMILES string of the molecule is OCC(CO)(CO)C(O)C(c1ccccc1)c1ccccc1. The molecule has 0 spiro atoms. The summed E-state index contributed by atoms with van der Waals surface area (Å²) in [5.74, 6) is -0.450. The van der Waals surface area contributed by atoms with E-state index in [9.17, 15) is 20.4 Å². The molecule has 0 heterocycles. The van der Waals surface area contributed by atoms with Gasteiger partial charge in [-0.2, -0.15) is 0 Å². The number of hydrogen-bond donors (Lipinski definition) is 4. The zero-order chi connectivity index (χ0) is 16.0. The first-order valence-electron chi connectivity index (χ1n) is 7.29. The molecule has 0 saturated heterocycles. The van der Waals surface area contributed by atoms with Crippen LogP contribution in [0.1, 0.15) is 17.0 Å². The van der Waals surface area contributed by atoms with Crippen molar-refractivity contribution in [2.24, 2.45) is 5.41 Å². The van der Waals surface area contributed by atoms with Crippen molar-refractivity contribution in [3.63, 3.8) is 0 Å². The molecule has 0 amide bonds. The topological polar surface area (TPSA) is 80.9 Å². The van der Waals surface area contributed by atoms with E-state index in [1.807, 2.05) is 60.7 Å². The van der Waals surface area contributed by atoms with E-state index in [1.54, 1.807) is 0 Å². The molecule has 0 radical (unpaired) electrons. The molecule has 2 rings (SSSR count). The summed E-state index contributed by atoms with van der Waals surface area (Å²) < 4.78 is 0. The lowest BCUT2D eigenvalue weighted by Gasteiger charge is -2.38. The summed E-state index contributed by atoms with van der Waals surface area (Å²) in [6.45, 7) is -1.51. The van der Waals surface area contributed by atoms with Crippen LogP contribution in [0, 0.1) is 5.41 Å². The van der Waals surface area contributed by atoms with Crippen LogP contribution < -0.4 is 0 Å². The Hall–Kier alpha value is -1.72. The van der Waals surface area contributed by atoms with Gasteiger partial charge < -0.3 is 20.4 Å². The van der Waals surface area contributed by atoms with Crippen LogP contribution in [0.3, 0.4) is 0 Å². The lowest BCUT2D eigenvalue weighted by molar-refractivity contribution is -0.0887. The number of aliphatic hydroxyl groups excluding tert-OH is 4. The third kappa shape index (κ3) is 3.20. The van der Waals surface area contributed by atoms with Crippen molar-refractivity contribution in [3.8, 4) is 0 Å². The maximum atomic E-state index is 10.8. The fourth-order valence-corrected chi connectivity index (χ4v) is 2.66. The summed E-state index contributed by atoms with van der Waals surface area (Å²) in [7, 11) is 0. The van der Waals surface area contributed by atoms with Gasteiger partial charge >= 0.3 is 0 Å². The summed E-state index contributed by atoms with van der Waals surface area (Å²) in [5, 5.41) is 39.7. The monoisotopic (exact) mass is 302 g/mol. The molecule has 1 atom stereocenters. The lowest BCUT2D eigenvalue weighted by atomic mass is 9.73. The Morgan fingerprint density at radius 1 is 0.682 bits per heavy atom. The third-order valence-electron chi connectivity index (χ3n) is 4.21. The maximum Gasteiger partial charge on any atom is 0.0771 e. The Kier molecular flexibility index (Phi) is 5.69. The number of aliphatic hydroxyl groups is 4. The minimum atomic E-state index is -1.36. The van der Waals surface area contributed by atoms with E-state index >= 15 is 0 Å². The van der Waals surface area contributed by atoms with Gasteiger partial charge in [0.2, 0.25) is 0 Å². The molecule has 0 aromatic heterocycles. The number of benzene rings is 2. The molecule has 1 unspecified atom stereocenters. The molecule has 0 saturated carbocycles. The first-order chi connectivity index (χ1) is 10.7. The molecule has 22 heavy (non-hydrogen) atoms. The van der Waals surface area contributed by atoms with Gasteiger partial charge in [-0.25, -0.2) is 0 Å². The molecular formula is C18H22O4. The van der Waals surface area contributed by atoms with Gasteiger partial charge in [0.15, 0.2) is 0 Å². The maximum absolute atomic E-state index is 10.8. The van der Waals surface area contributed by atoms with Gasteiger partial charge in [0, 0.05) is 5.92 Å². The van der Waals surface area contributed by atoms with Crippen LogP contribution in [0.4, 0.5) is 0 Å². The van der Waals surface area contributed by atoms with Crippen LogP contribution in [-0.2, 0) is 0 Å². The Balaban J connectivity index is 2.49. The predicted molar refractivity (Wildman–Crippen MR) is 84.4 cm³/mol. The molecule has 0 bridgehead atoms. The summed E-state index contributed by atoms with van der Waals surface area (Å²) in [5.41, 5.74) is 0.359. The molecule has 0 aliphatic rings. The summed E-state index contributed by atoms with van der Waals surface area (Å²) in [4.78, 5) is 0. The smallest absolute Gasteiger partial charge is 0.0771 e. The van der Waals surface area contributed by atoms with E-state index in [-0.39, 0.29) is 0 Å². The molecule has 0 fully saturated rings. The largest absolute Gasteiger partial charge is 0.396 e. The Morgan fingerprint density at radius 2 is 1.05 bits per heavy atom. The van der Waals surface area contributed by atoms with Crippen LogP contribution in [-0.4, -0.2) is 46.4 Å². The van der Waals surface area contributed by atoms with E-state index in [2.05, 4.69) is 0 Å². The van der Waals surface area contributed by atoms with Crippen LogP contribution in [0.2, 0.25) is 0 Å². The fraction of sp³-hybridized carbons (Fsp3) is 0.333. The van der Waals surface area contributed by atoms with Gasteiger partial charge in [-0.05, 0) is 11.1 Å². The highest BCUT2D eigenvalue weighted by Crippen LogP contribution is 2.36. The van der Waals surface area contributed by atoms with Crippen LogP contribution in [0.25, 0.3) is 0 Å². The van der Waals surface area contributed by atoms with E-state index < -0.39 is 37.3 Å². The minimum absolute atomic E-state index is 0.450. The summed E-state index contributed by atoms with van der Waals surface area (Å²) in [6.07, 6.45) is -1.13. The summed E-state index contributed by atoms with van der Waals surface area (Å²) in [6, 6.07) is 18.8.